The van der Waals surface area contributed by atoms with Gasteiger partial charge in [-0.05, 0) is 23.7 Å². The lowest BCUT2D eigenvalue weighted by Crippen LogP contribution is -1.91. The summed E-state index contributed by atoms with van der Waals surface area (Å²) in [4.78, 5) is 0. The van der Waals surface area contributed by atoms with Crippen molar-refractivity contribution in [2.45, 2.75) is 27.2 Å². The first-order valence-electron chi connectivity index (χ1n) is 3.57. The molecule has 0 radical (unpaired) electrons. The van der Waals surface area contributed by atoms with Gasteiger partial charge in [0.1, 0.15) is 0 Å². The van der Waals surface area contributed by atoms with Crippen LogP contribution in [0.5, 0.6) is 0 Å². The van der Waals surface area contributed by atoms with Crippen molar-refractivity contribution < 1.29 is 0 Å². The average Bonchev–Trinajstić information content (AvgIpc) is 1.83. The molecule has 0 aliphatic heterocycles. The fourth-order valence-electron chi connectivity index (χ4n) is 0.856. The second-order valence-electron chi connectivity index (χ2n) is 2.03. The van der Waals surface area contributed by atoms with Gasteiger partial charge in [0.05, 0.1) is 0 Å². The Balaban J connectivity index is 3.07. The van der Waals surface area contributed by atoms with Crippen molar-refractivity contribution in [3.05, 3.63) is 0 Å². The molecule has 0 aromatic rings. The summed E-state index contributed by atoms with van der Waals surface area (Å²) in [6.07, 6.45) is 1.38. The maximum atomic E-state index is 2.31. The van der Waals surface area contributed by atoms with Crippen molar-refractivity contribution in [2.24, 2.45) is 0 Å². The predicted molar refractivity (Wildman–Crippen MR) is 45.2 cm³/mol. The van der Waals surface area contributed by atoms with Crippen molar-refractivity contribution in [1.82, 2.24) is 0 Å². The first kappa shape index (κ1) is 8.35. The Hall–Kier alpha value is 0.350. The molecule has 0 aromatic heterocycles. The Morgan fingerprint density at radius 1 is 1.00 bits per heavy atom. The van der Waals surface area contributed by atoms with E-state index in [0.29, 0.717) is 10.9 Å². The molecule has 0 N–H and O–H groups in total. The van der Waals surface area contributed by atoms with E-state index >= 15 is 0 Å². The lowest BCUT2D eigenvalue weighted by Gasteiger charge is -2.14. The fraction of sp³-hybridized carbons (Fsp3) is 1.00. The van der Waals surface area contributed by atoms with Gasteiger partial charge in [-0.2, -0.15) is 0 Å². The first-order chi connectivity index (χ1) is 3.85. The highest BCUT2D eigenvalue weighted by molar-refractivity contribution is 8.16. The second-order valence-corrected chi connectivity index (χ2v) is 5.08. The summed E-state index contributed by atoms with van der Waals surface area (Å²) < 4.78 is 0. The molecule has 0 atom stereocenters. The SMILES string of the molecule is CCC[SH](CC)CC. The summed E-state index contributed by atoms with van der Waals surface area (Å²) in [5.74, 6) is 4.35. The molecule has 0 spiro atoms. The van der Waals surface area contributed by atoms with E-state index in [2.05, 4.69) is 20.8 Å². The predicted octanol–water partition coefficient (Wildman–Crippen LogP) is 2.44. The van der Waals surface area contributed by atoms with Crippen LogP contribution in [0.4, 0.5) is 0 Å². The highest BCUT2D eigenvalue weighted by atomic mass is 32.2. The average molecular weight is 134 g/mol. The molecule has 52 valence electrons. The maximum absolute atomic E-state index is 2.31. The third kappa shape index (κ3) is 3.36. The second kappa shape index (κ2) is 5.49. The van der Waals surface area contributed by atoms with Crippen molar-refractivity contribution in [3.63, 3.8) is 0 Å². The Morgan fingerprint density at radius 2 is 1.50 bits per heavy atom. The molecule has 0 saturated carbocycles. The molecular weight excluding hydrogens is 116 g/mol. The summed E-state index contributed by atoms with van der Waals surface area (Å²) in [5, 5.41) is 0. The number of thiol groups is 1. The Morgan fingerprint density at radius 3 is 1.62 bits per heavy atom. The van der Waals surface area contributed by atoms with Gasteiger partial charge >= 0.3 is 0 Å². The molecule has 0 aromatic carbocycles. The molecule has 0 heterocycles. The molecule has 0 aliphatic rings. The van der Waals surface area contributed by atoms with E-state index in [1.807, 2.05) is 0 Å². The van der Waals surface area contributed by atoms with Crippen molar-refractivity contribution in [3.8, 4) is 0 Å². The minimum absolute atomic E-state index is 0.444. The van der Waals surface area contributed by atoms with Crippen molar-refractivity contribution in [1.29, 1.82) is 0 Å². The number of hydrogen-bond acceptors (Lipinski definition) is 0. The highest BCUT2D eigenvalue weighted by Crippen LogP contribution is 2.23. The van der Waals surface area contributed by atoms with E-state index in [-0.39, 0.29) is 0 Å². The zero-order chi connectivity index (χ0) is 6.41. The Kier molecular flexibility index (Phi) is 5.73. The number of rotatable bonds is 4. The first-order valence-corrected chi connectivity index (χ1v) is 5.47. The minimum atomic E-state index is 0.444. The largest absolute Gasteiger partial charge is 0.254 e. The Labute approximate surface area is 56.0 Å². The summed E-state index contributed by atoms with van der Waals surface area (Å²) in [5.41, 5.74) is 0. The topological polar surface area (TPSA) is 0 Å². The molecule has 8 heavy (non-hydrogen) atoms. The third-order valence-corrected chi connectivity index (χ3v) is 4.30. The number of hydrogen-bond donors (Lipinski definition) is 1. The molecule has 0 amide bonds. The van der Waals surface area contributed by atoms with Gasteiger partial charge in [0.25, 0.3) is 0 Å². The van der Waals surface area contributed by atoms with Crippen LogP contribution < -0.4 is 0 Å². The van der Waals surface area contributed by atoms with Gasteiger partial charge in [-0.15, -0.1) is 0 Å². The van der Waals surface area contributed by atoms with E-state index in [1.165, 1.54) is 23.7 Å². The summed E-state index contributed by atoms with van der Waals surface area (Å²) in [6, 6.07) is 0. The molecule has 0 nitrogen and oxygen atoms in total. The molecular formula is C7H18S. The van der Waals surface area contributed by atoms with Crippen LogP contribution in [-0.4, -0.2) is 17.3 Å². The third-order valence-electron chi connectivity index (χ3n) is 1.43. The molecule has 0 unspecified atom stereocenters. The maximum Gasteiger partial charge on any atom is -0.0256 e. The van der Waals surface area contributed by atoms with Crippen LogP contribution in [0.15, 0.2) is 0 Å². The lowest BCUT2D eigenvalue weighted by molar-refractivity contribution is 1.09. The van der Waals surface area contributed by atoms with Gasteiger partial charge < -0.3 is 0 Å². The van der Waals surface area contributed by atoms with Gasteiger partial charge in [-0.3, -0.25) is 10.9 Å². The van der Waals surface area contributed by atoms with Crippen molar-refractivity contribution in [2.75, 3.05) is 17.3 Å². The van der Waals surface area contributed by atoms with E-state index < -0.39 is 0 Å². The van der Waals surface area contributed by atoms with E-state index in [9.17, 15) is 0 Å². The van der Waals surface area contributed by atoms with Crippen LogP contribution in [-0.2, 0) is 0 Å². The zero-order valence-corrected chi connectivity index (χ0v) is 7.17. The van der Waals surface area contributed by atoms with Crippen LogP contribution in [0.2, 0.25) is 0 Å². The van der Waals surface area contributed by atoms with Crippen LogP contribution in [0.25, 0.3) is 0 Å². The van der Waals surface area contributed by atoms with Crippen molar-refractivity contribution >= 4 is 10.9 Å². The summed E-state index contributed by atoms with van der Waals surface area (Å²) >= 11 is 0. The van der Waals surface area contributed by atoms with Crippen LogP contribution >= 0.6 is 10.9 Å². The van der Waals surface area contributed by atoms with Gasteiger partial charge in [0, 0.05) is 0 Å². The highest BCUT2D eigenvalue weighted by Gasteiger charge is 1.93. The van der Waals surface area contributed by atoms with E-state index in [4.69, 9.17) is 0 Å². The molecule has 0 aliphatic carbocycles. The van der Waals surface area contributed by atoms with E-state index in [1.54, 1.807) is 0 Å². The standard InChI is InChI=1S/C7H18S/c1-4-7-8(5-2)6-3/h8H,4-7H2,1-3H3. The normalized spacial score (nSPS) is 11.6. The summed E-state index contributed by atoms with van der Waals surface area (Å²) in [7, 11) is 0.444. The van der Waals surface area contributed by atoms with Gasteiger partial charge in [-0.1, -0.05) is 20.8 Å². The van der Waals surface area contributed by atoms with Crippen LogP contribution in [0.1, 0.15) is 27.2 Å². The van der Waals surface area contributed by atoms with Gasteiger partial charge in [0.2, 0.25) is 0 Å². The minimum Gasteiger partial charge on any atom is -0.254 e. The molecule has 0 bridgehead atoms. The lowest BCUT2D eigenvalue weighted by atomic mass is 10.6. The van der Waals surface area contributed by atoms with E-state index in [0.717, 1.165) is 0 Å². The van der Waals surface area contributed by atoms with Crippen LogP contribution in [0, 0.1) is 0 Å². The molecule has 0 rings (SSSR count). The van der Waals surface area contributed by atoms with Crippen LogP contribution in [0.3, 0.4) is 0 Å². The molecule has 0 fully saturated rings. The monoisotopic (exact) mass is 134 g/mol. The molecule has 1 heteroatoms. The summed E-state index contributed by atoms with van der Waals surface area (Å²) in [6.45, 7) is 6.90. The quantitative estimate of drug-likeness (QED) is 0.561. The van der Waals surface area contributed by atoms with Gasteiger partial charge in [0.15, 0.2) is 0 Å². The Bertz CT molecular complexity index is 39.7. The zero-order valence-electron chi connectivity index (χ0n) is 6.28. The smallest absolute Gasteiger partial charge is 0.0256 e. The fourth-order valence-corrected chi connectivity index (χ4v) is 2.57. The van der Waals surface area contributed by atoms with Gasteiger partial charge in [-0.25, -0.2) is 0 Å². The molecule has 0 saturated heterocycles.